The maximum atomic E-state index is 12.1. The van der Waals surface area contributed by atoms with Gasteiger partial charge >= 0.3 is 0 Å². The third-order valence-electron chi connectivity index (χ3n) is 2.95. The van der Waals surface area contributed by atoms with Crippen molar-refractivity contribution in [2.75, 3.05) is 12.4 Å². The number of methoxy groups -OCH3 is 1. The molecule has 0 unspecified atom stereocenters. The van der Waals surface area contributed by atoms with Crippen molar-refractivity contribution in [1.82, 2.24) is 10.2 Å². The van der Waals surface area contributed by atoms with Gasteiger partial charge in [0.1, 0.15) is 5.75 Å². The zero-order valence-corrected chi connectivity index (χ0v) is 12.1. The van der Waals surface area contributed by atoms with Crippen molar-refractivity contribution in [1.29, 1.82) is 0 Å². The van der Waals surface area contributed by atoms with Gasteiger partial charge in [-0.25, -0.2) is 0 Å². The lowest BCUT2D eigenvalue weighted by Crippen LogP contribution is -2.12. The highest BCUT2D eigenvalue weighted by Crippen LogP contribution is 2.23. The van der Waals surface area contributed by atoms with E-state index in [9.17, 15) is 4.79 Å². The summed E-state index contributed by atoms with van der Waals surface area (Å²) >= 11 is 1.59. The van der Waals surface area contributed by atoms with Crippen LogP contribution < -0.4 is 10.1 Å². The Morgan fingerprint density at radius 1 is 1.29 bits per heavy atom. The summed E-state index contributed by atoms with van der Waals surface area (Å²) < 4.78 is 5.07. The zero-order valence-electron chi connectivity index (χ0n) is 11.3. The number of carbonyl (C=O) groups excluding carboxylic acids is 1. The molecule has 2 heterocycles. The summed E-state index contributed by atoms with van der Waals surface area (Å²) in [6.45, 7) is 0. The molecule has 0 fully saturated rings. The molecule has 2 aromatic heterocycles. The molecule has 1 amide bonds. The van der Waals surface area contributed by atoms with E-state index in [0.29, 0.717) is 11.4 Å². The number of hydrogen-bond donors (Lipinski definition) is 2. The second kappa shape index (κ2) is 5.80. The fraction of sp³-hybridized carbons (Fsp3) is 0.0667. The van der Waals surface area contributed by atoms with Crippen LogP contribution in [-0.2, 0) is 0 Å². The SMILES string of the molecule is COc1ccc(NC(=O)c2cc(-c3cccs3)[nH]n2)cc1. The third kappa shape index (κ3) is 2.95. The molecule has 0 saturated heterocycles. The average molecular weight is 299 g/mol. The van der Waals surface area contributed by atoms with E-state index in [1.165, 1.54) is 0 Å². The minimum absolute atomic E-state index is 0.251. The molecule has 1 aromatic carbocycles. The second-order valence-electron chi connectivity index (χ2n) is 4.33. The summed E-state index contributed by atoms with van der Waals surface area (Å²) in [6, 6.07) is 12.8. The van der Waals surface area contributed by atoms with Gasteiger partial charge in [0.2, 0.25) is 0 Å². The number of hydrogen-bond acceptors (Lipinski definition) is 4. The number of ether oxygens (including phenoxy) is 1. The first kappa shape index (κ1) is 13.4. The highest BCUT2D eigenvalue weighted by atomic mass is 32.1. The van der Waals surface area contributed by atoms with Crippen LogP contribution in [0.15, 0.2) is 47.8 Å². The molecule has 3 aromatic rings. The van der Waals surface area contributed by atoms with Crippen LogP contribution in [0.3, 0.4) is 0 Å². The Hall–Kier alpha value is -2.60. The number of carbonyl (C=O) groups is 1. The number of thiophene rings is 1. The van der Waals surface area contributed by atoms with Gasteiger partial charge in [0.15, 0.2) is 5.69 Å². The molecular formula is C15H13N3O2S. The molecule has 0 radical (unpaired) electrons. The summed E-state index contributed by atoms with van der Waals surface area (Å²) in [4.78, 5) is 13.2. The molecule has 0 saturated carbocycles. The van der Waals surface area contributed by atoms with Crippen molar-refractivity contribution in [3.63, 3.8) is 0 Å². The zero-order chi connectivity index (χ0) is 14.7. The highest BCUT2D eigenvalue weighted by Gasteiger charge is 2.12. The molecule has 6 heteroatoms. The van der Waals surface area contributed by atoms with Gasteiger partial charge in [0.05, 0.1) is 17.7 Å². The number of nitrogens with zero attached hydrogens (tertiary/aromatic N) is 1. The Balaban J connectivity index is 1.73. The molecule has 3 rings (SSSR count). The third-order valence-corrected chi connectivity index (χ3v) is 3.85. The minimum Gasteiger partial charge on any atom is -0.497 e. The summed E-state index contributed by atoms with van der Waals surface area (Å²) in [6.07, 6.45) is 0. The molecule has 5 nitrogen and oxygen atoms in total. The van der Waals surface area contributed by atoms with E-state index in [0.717, 1.165) is 16.3 Å². The van der Waals surface area contributed by atoms with E-state index in [1.54, 1.807) is 48.8 Å². The fourth-order valence-electron chi connectivity index (χ4n) is 1.87. The quantitative estimate of drug-likeness (QED) is 0.776. The minimum atomic E-state index is -0.251. The molecule has 0 aliphatic heterocycles. The molecule has 0 aliphatic carbocycles. The first-order valence-electron chi connectivity index (χ1n) is 6.31. The predicted octanol–water partition coefficient (Wildman–Crippen LogP) is 3.40. The number of benzene rings is 1. The van der Waals surface area contributed by atoms with Gasteiger partial charge in [-0.3, -0.25) is 9.89 Å². The van der Waals surface area contributed by atoms with Crippen LogP contribution in [0, 0.1) is 0 Å². The van der Waals surface area contributed by atoms with Crippen molar-refractivity contribution < 1.29 is 9.53 Å². The van der Waals surface area contributed by atoms with Gasteiger partial charge in [-0.15, -0.1) is 11.3 Å². The van der Waals surface area contributed by atoms with E-state index in [1.807, 2.05) is 17.5 Å². The Kier molecular flexibility index (Phi) is 3.70. The Bertz CT molecular complexity index is 733. The first-order valence-corrected chi connectivity index (χ1v) is 7.19. The van der Waals surface area contributed by atoms with Crippen LogP contribution in [0.25, 0.3) is 10.6 Å². The molecule has 2 N–H and O–H groups in total. The molecular weight excluding hydrogens is 286 g/mol. The van der Waals surface area contributed by atoms with Crippen LogP contribution in [0.4, 0.5) is 5.69 Å². The molecule has 21 heavy (non-hydrogen) atoms. The Morgan fingerprint density at radius 3 is 2.76 bits per heavy atom. The van der Waals surface area contributed by atoms with Gasteiger partial charge in [-0.1, -0.05) is 6.07 Å². The fourth-order valence-corrected chi connectivity index (χ4v) is 2.56. The van der Waals surface area contributed by atoms with Crippen molar-refractivity contribution in [2.45, 2.75) is 0 Å². The number of amides is 1. The summed E-state index contributed by atoms with van der Waals surface area (Å²) in [5, 5.41) is 11.7. The van der Waals surface area contributed by atoms with E-state index >= 15 is 0 Å². The van der Waals surface area contributed by atoms with E-state index in [2.05, 4.69) is 15.5 Å². The molecule has 0 bridgehead atoms. The molecule has 0 aliphatic rings. The van der Waals surface area contributed by atoms with Gasteiger partial charge < -0.3 is 10.1 Å². The van der Waals surface area contributed by atoms with Crippen LogP contribution in [0.2, 0.25) is 0 Å². The first-order chi connectivity index (χ1) is 10.3. The summed E-state index contributed by atoms with van der Waals surface area (Å²) in [7, 11) is 1.60. The lowest BCUT2D eigenvalue weighted by molar-refractivity contribution is 0.102. The number of aromatic nitrogens is 2. The monoisotopic (exact) mass is 299 g/mol. The van der Waals surface area contributed by atoms with E-state index in [4.69, 9.17) is 4.74 Å². The maximum absolute atomic E-state index is 12.1. The van der Waals surface area contributed by atoms with Gasteiger partial charge in [0.25, 0.3) is 5.91 Å². The topological polar surface area (TPSA) is 67.0 Å². The summed E-state index contributed by atoms with van der Waals surface area (Å²) in [5.74, 6) is 0.493. The van der Waals surface area contributed by atoms with E-state index in [-0.39, 0.29) is 5.91 Å². The van der Waals surface area contributed by atoms with Crippen molar-refractivity contribution in [3.8, 4) is 16.3 Å². The number of rotatable bonds is 4. The van der Waals surface area contributed by atoms with Gasteiger partial charge in [-0.05, 0) is 41.8 Å². The van der Waals surface area contributed by atoms with Crippen LogP contribution >= 0.6 is 11.3 Å². The van der Waals surface area contributed by atoms with Crippen LogP contribution in [-0.4, -0.2) is 23.2 Å². The number of aromatic amines is 1. The van der Waals surface area contributed by atoms with Crippen molar-refractivity contribution in [2.24, 2.45) is 0 Å². The van der Waals surface area contributed by atoms with Crippen LogP contribution in [0.5, 0.6) is 5.75 Å². The Labute approximate surface area is 125 Å². The van der Waals surface area contributed by atoms with Crippen molar-refractivity contribution >= 4 is 22.9 Å². The molecule has 0 spiro atoms. The highest BCUT2D eigenvalue weighted by molar-refractivity contribution is 7.13. The normalized spacial score (nSPS) is 10.3. The lowest BCUT2D eigenvalue weighted by atomic mass is 10.2. The Morgan fingerprint density at radius 2 is 2.10 bits per heavy atom. The standard InChI is InChI=1S/C15H13N3O2S/c1-20-11-6-4-10(5-7-11)16-15(19)13-9-12(17-18-13)14-3-2-8-21-14/h2-9H,1H3,(H,16,19)(H,17,18). The predicted molar refractivity (Wildman–Crippen MR) is 82.8 cm³/mol. The largest absolute Gasteiger partial charge is 0.497 e. The molecule has 106 valence electrons. The number of H-pyrrole nitrogens is 1. The van der Waals surface area contributed by atoms with Gasteiger partial charge in [-0.2, -0.15) is 5.10 Å². The summed E-state index contributed by atoms with van der Waals surface area (Å²) in [5.41, 5.74) is 1.89. The smallest absolute Gasteiger partial charge is 0.276 e. The van der Waals surface area contributed by atoms with Crippen molar-refractivity contribution in [3.05, 3.63) is 53.5 Å². The number of anilines is 1. The van der Waals surface area contributed by atoms with Crippen LogP contribution in [0.1, 0.15) is 10.5 Å². The molecule has 0 atom stereocenters. The maximum Gasteiger partial charge on any atom is 0.276 e. The number of nitrogens with one attached hydrogen (secondary N) is 2. The average Bonchev–Trinajstić information content (AvgIpc) is 3.19. The lowest BCUT2D eigenvalue weighted by Gasteiger charge is -2.04. The van der Waals surface area contributed by atoms with E-state index < -0.39 is 0 Å². The van der Waals surface area contributed by atoms with Gasteiger partial charge in [0, 0.05) is 5.69 Å². The second-order valence-corrected chi connectivity index (χ2v) is 5.27.